The summed E-state index contributed by atoms with van der Waals surface area (Å²) in [6.07, 6.45) is 3.75. The zero-order valence-electron chi connectivity index (χ0n) is 14.4. The van der Waals surface area contributed by atoms with E-state index in [-0.39, 0.29) is 26.1 Å². The second-order valence-corrected chi connectivity index (χ2v) is 6.32. The summed E-state index contributed by atoms with van der Waals surface area (Å²) < 4.78 is 46.8. The molecule has 0 bridgehead atoms. The molecule has 1 aliphatic heterocycles. The average molecular weight is 380 g/mol. The van der Waals surface area contributed by atoms with Crippen molar-refractivity contribution in [3.63, 3.8) is 0 Å². The number of halogens is 3. The van der Waals surface area contributed by atoms with Crippen molar-refractivity contribution in [1.29, 1.82) is 0 Å². The fourth-order valence-electron chi connectivity index (χ4n) is 2.83. The highest BCUT2D eigenvalue weighted by molar-refractivity contribution is 5.68. The number of alkyl halides is 2. The topological polar surface area (TPSA) is 67.3 Å². The van der Waals surface area contributed by atoms with Crippen LogP contribution in [-0.4, -0.2) is 46.5 Å². The normalized spacial score (nSPS) is 18.8. The Kier molecular flexibility index (Phi) is 5.78. The number of ether oxygens (including phenoxy) is 1. The SMILES string of the molecule is O=C(OCc1ccc(F)cc1)N1CC[C@@H](CNc2cnccn2)C(F)(F)C1. The number of aromatic nitrogens is 2. The molecule has 0 aliphatic carbocycles. The van der Waals surface area contributed by atoms with Crippen LogP contribution >= 0.6 is 0 Å². The number of hydrogen-bond acceptors (Lipinski definition) is 5. The summed E-state index contributed by atoms with van der Waals surface area (Å²) in [5.74, 6) is -3.96. The van der Waals surface area contributed by atoms with E-state index in [9.17, 15) is 18.0 Å². The fourth-order valence-corrected chi connectivity index (χ4v) is 2.83. The molecule has 0 saturated carbocycles. The Morgan fingerprint density at radius 2 is 2.07 bits per heavy atom. The van der Waals surface area contributed by atoms with Gasteiger partial charge in [-0.15, -0.1) is 0 Å². The Bertz CT molecular complexity index is 759. The number of likely N-dealkylation sites (tertiary alicyclic amines) is 1. The number of piperidine rings is 1. The molecule has 1 aromatic carbocycles. The van der Waals surface area contributed by atoms with E-state index in [0.29, 0.717) is 11.4 Å². The first-order chi connectivity index (χ1) is 12.9. The summed E-state index contributed by atoms with van der Waals surface area (Å²) in [5, 5.41) is 2.85. The molecule has 6 nitrogen and oxygen atoms in total. The number of nitrogens with zero attached hydrogens (tertiary/aromatic N) is 3. The van der Waals surface area contributed by atoms with Gasteiger partial charge in [-0.1, -0.05) is 12.1 Å². The predicted octanol–water partition coefficient (Wildman–Crippen LogP) is 3.32. The van der Waals surface area contributed by atoms with Crippen LogP contribution in [0.25, 0.3) is 0 Å². The lowest BCUT2D eigenvalue weighted by atomic mass is 9.93. The van der Waals surface area contributed by atoms with E-state index in [1.807, 2.05) is 0 Å². The number of carbonyl (C=O) groups is 1. The van der Waals surface area contributed by atoms with Gasteiger partial charge in [0.15, 0.2) is 0 Å². The Labute approximate surface area is 154 Å². The Morgan fingerprint density at radius 1 is 1.30 bits per heavy atom. The molecule has 1 amide bonds. The number of rotatable bonds is 5. The maximum atomic E-state index is 14.4. The van der Waals surface area contributed by atoms with Crippen LogP contribution in [0.1, 0.15) is 12.0 Å². The monoisotopic (exact) mass is 380 g/mol. The van der Waals surface area contributed by atoms with Crippen LogP contribution in [0.3, 0.4) is 0 Å². The zero-order valence-corrected chi connectivity index (χ0v) is 14.4. The molecule has 144 valence electrons. The third-order valence-corrected chi connectivity index (χ3v) is 4.37. The van der Waals surface area contributed by atoms with Gasteiger partial charge in [-0.2, -0.15) is 0 Å². The Morgan fingerprint density at radius 3 is 2.74 bits per heavy atom. The molecule has 27 heavy (non-hydrogen) atoms. The van der Waals surface area contributed by atoms with E-state index in [0.717, 1.165) is 4.90 Å². The maximum absolute atomic E-state index is 14.4. The molecular formula is C18H19F3N4O2. The zero-order chi connectivity index (χ0) is 19.3. The van der Waals surface area contributed by atoms with E-state index in [1.54, 1.807) is 0 Å². The minimum Gasteiger partial charge on any atom is -0.445 e. The number of amides is 1. The van der Waals surface area contributed by atoms with E-state index < -0.39 is 30.3 Å². The third kappa shape index (κ3) is 5.08. The fraction of sp³-hybridized carbons (Fsp3) is 0.389. The molecule has 1 aliphatic rings. The first-order valence-electron chi connectivity index (χ1n) is 8.48. The summed E-state index contributed by atoms with van der Waals surface area (Å²) in [6, 6.07) is 5.43. The van der Waals surface area contributed by atoms with Crippen LogP contribution in [0.5, 0.6) is 0 Å². The van der Waals surface area contributed by atoms with Crippen molar-refractivity contribution < 1.29 is 22.7 Å². The lowest BCUT2D eigenvalue weighted by Crippen LogP contribution is -2.52. The maximum Gasteiger partial charge on any atom is 0.410 e. The van der Waals surface area contributed by atoms with E-state index in [1.165, 1.54) is 42.9 Å². The van der Waals surface area contributed by atoms with Crippen molar-refractivity contribution in [1.82, 2.24) is 14.9 Å². The predicted molar refractivity (Wildman–Crippen MR) is 91.7 cm³/mol. The van der Waals surface area contributed by atoms with Crippen LogP contribution < -0.4 is 5.32 Å². The number of anilines is 1. The molecule has 9 heteroatoms. The molecule has 1 fully saturated rings. The summed E-state index contributed by atoms with van der Waals surface area (Å²) >= 11 is 0. The van der Waals surface area contributed by atoms with Crippen LogP contribution in [0, 0.1) is 11.7 Å². The summed E-state index contributed by atoms with van der Waals surface area (Å²) in [6.45, 7) is -0.601. The van der Waals surface area contributed by atoms with E-state index in [4.69, 9.17) is 4.74 Å². The molecule has 0 spiro atoms. The van der Waals surface area contributed by atoms with Crippen LogP contribution in [0.15, 0.2) is 42.9 Å². The molecule has 0 unspecified atom stereocenters. The van der Waals surface area contributed by atoms with Gasteiger partial charge in [0, 0.05) is 31.4 Å². The lowest BCUT2D eigenvalue weighted by Gasteiger charge is -2.37. The smallest absolute Gasteiger partial charge is 0.410 e. The standard InChI is InChI=1S/C18H19F3N4O2/c19-15-3-1-13(2-4-15)11-27-17(26)25-8-5-14(18(20,21)12-25)9-24-16-10-22-6-7-23-16/h1-4,6-7,10,14H,5,8-9,11-12H2,(H,23,24)/t14-/m0/s1. The summed E-state index contributed by atoms with van der Waals surface area (Å²) in [7, 11) is 0. The number of carbonyl (C=O) groups excluding carboxylic acids is 1. The van der Waals surface area contributed by atoms with Gasteiger partial charge in [0.2, 0.25) is 0 Å². The number of hydrogen-bond donors (Lipinski definition) is 1. The van der Waals surface area contributed by atoms with Crippen molar-refractivity contribution in [3.8, 4) is 0 Å². The molecule has 1 saturated heterocycles. The molecule has 1 N–H and O–H groups in total. The molecule has 3 rings (SSSR count). The van der Waals surface area contributed by atoms with Gasteiger partial charge in [-0.05, 0) is 24.1 Å². The van der Waals surface area contributed by atoms with Gasteiger partial charge in [0.25, 0.3) is 5.92 Å². The van der Waals surface area contributed by atoms with Crippen LogP contribution in [0.2, 0.25) is 0 Å². The average Bonchev–Trinajstić information content (AvgIpc) is 2.66. The van der Waals surface area contributed by atoms with Gasteiger partial charge < -0.3 is 15.0 Å². The van der Waals surface area contributed by atoms with Crippen LogP contribution in [-0.2, 0) is 11.3 Å². The van der Waals surface area contributed by atoms with Gasteiger partial charge in [-0.3, -0.25) is 4.98 Å². The Balaban J connectivity index is 1.49. The van der Waals surface area contributed by atoms with Gasteiger partial charge in [-0.25, -0.2) is 22.9 Å². The molecule has 1 atom stereocenters. The van der Waals surface area contributed by atoms with E-state index in [2.05, 4.69) is 15.3 Å². The number of benzene rings is 1. The van der Waals surface area contributed by atoms with E-state index >= 15 is 0 Å². The molecule has 2 heterocycles. The second kappa shape index (κ2) is 8.24. The van der Waals surface area contributed by atoms with Gasteiger partial charge >= 0.3 is 6.09 Å². The Hall–Kier alpha value is -2.84. The van der Waals surface area contributed by atoms with Crippen molar-refractivity contribution in [2.75, 3.05) is 25.0 Å². The highest BCUT2D eigenvalue weighted by atomic mass is 19.3. The molecule has 0 radical (unpaired) electrons. The van der Waals surface area contributed by atoms with Crippen LogP contribution in [0.4, 0.5) is 23.8 Å². The largest absolute Gasteiger partial charge is 0.445 e. The number of nitrogens with one attached hydrogen (secondary N) is 1. The van der Waals surface area contributed by atoms with Crippen molar-refractivity contribution >= 4 is 11.9 Å². The second-order valence-electron chi connectivity index (χ2n) is 6.32. The minimum absolute atomic E-state index is 0.0319. The molecule has 1 aromatic heterocycles. The summed E-state index contributed by atoms with van der Waals surface area (Å²) in [5.41, 5.74) is 0.583. The highest BCUT2D eigenvalue weighted by Gasteiger charge is 2.46. The highest BCUT2D eigenvalue weighted by Crippen LogP contribution is 2.33. The first-order valence-corrected chi connectivity index (χ1v) is 8.48. The molecular weight excluding hydrogens is 361 g/mol. The van der Waals surface area contributed by atoms with Crippen molar-refractivity contribution in [2.45, 2.75) is 19.0 Å². The quantitative estimate of drug-likeness (QED) is 0.862. The summed E-state index contributed by atoms with van der Waals surface area (Å²) in [4.78, 5) is 20.9. The van der Waals surface area contributed by atoms with Gasteiger partial charge in [0.1, 0.15) is 18.2 Å². The lowest BCUT2D eigenvalue weighted by molar-refractivity contribution is -0.101. The minimum atomic E-state index is -3.05. The van der Waals surface area contributed by atoms with Gasteiger partial charge in [0.05, 0.1) is 12.7 Å². The first kappa shape index (κ1) is 18.9. The van der Waals surface area contributed by atoms with Crippen molar-refractivity contribution in [3.05, 3.63) is 54.2 Å². The molecule has 2 aromatic rings. The van der Waals surface area contributed by atoms with Crippen molar-refractivity contribution in [2.24, 2.45) is 5.92 Å². The third-order valence-electron chi connectivity index (χ3n) is 4.37.